The van der Waals surface area contributed by atoms with E-state index in [4.69, 9.17) is 0 Å². The zero-order chi connectivity index (χ0) is 8.43. The molecule has 0 aliphatic rings. The van der Waals surface area contributed by atoms with Crippen LogP contribution in [0.15, 0.2) is 12.1 Å². The van der Waals surface area contributed by atoms with Crippen molar-refractivity contribution in [2.75, 3.05) is 0 Å². The Hall–Kier alpha value is 0.110. The summed E-state index contributed by atoms with van der Waals surface area (Å²) in [6, 6.07) is 4.12. The van der Waals surface area contributed by atoms with Gasteiger partial charge in [0.1, 0.15) is 3.74 Å². The van der Waals surface area contributed by atoms with Gasteiger partial charge in [-0.05, 0) is 31.5 Å². The number of hydrogen-bond acceptors (Lipinski definition) is 1. The van der Waals surface area contributed by atoms with E-state index >= 15 is 0 Å². The highest BCUT2D eigenvalue weighted by Crippen LogP contribution is 2.27. The second-order valence-electron chi connectivity index (χ2n) is 2.51. The summed E-state index contributed by atoms with van der Waals surface area (Å²) in [4.78, 5) is 4.34. The van der Waals surface area contributed by atoms with Gasteiger partial charge in [-0.1, -0.05) is 31.9 Å². The van der Waals surface area contributed by atoms with E-state index in [9.17, 15) is 0 Å². The van der Waals surface area contributed by atoms with Crippen LogP contribution >= 0.6 is 31.9 Å². The molecule has 0 aliphatic carbocycles. The Balaban J connectivity index is 3.08. The summed E-state index contributed by atoms with van der Waals surface area (Å²) in [5.41, 5.74) is 3.34. The summed E-state index contributed by atoms with van der Waals surface area (Å²) >= 11 is 6.81. The van der Waals surface area contributed by atoms with Gasteiger partial charge in [0.15, 0.2) is 0 Å². The van der Waals surface area contributed by atoms with Gasteiger partial charge in [-0.15, -0.1) is 0 Å². The van der Waals surface area contributed by atoms with Crippen LogP contribution in [0.3, 0.4) is 0 Å². The van der Waals surface area contributed by atoms with Crippen LogP contribution in [0.25, 0.3) is 0 Å². The second kappa shape index (κ2) is 3.68. The molecule has 0 saturated heterocycles. The lowest BCUT2D eigenvalue weighted by Crippen LogP contribution is -1.91. The topological polar surface area (TPSA) is 12.9 Å². The van der Waals surface area contributed by atoms with Crippen LogP contribution in [0.4, 0.5) is 0 Å². The van der Waals surface area contributed by atoms with Crippen LogP contribution in [-0.4, -0.2) is 4.98 Å². The zero-order valence-electron chi connectivity index (χ0n) is 6.44. The summed E-state index contributed by atoms with van der Waals surface area (Å²) < 4.78 is 0.161. The zero-order valence-corrected chi connectivity index (χ0v) is 9.61. The SMILES string of the molecule is Cc1cc(C)nc(C(Br)Br)c1. The van der Waals surface area contributed by atoms with E-state index < -0.39 is 0 Å². The Morgan fingerprint density at radius 2 is 1.91 bits per heavy atom. The fourth-order valence-corrected chi connectivity index (χ4v) is 1.45. The Labute approximate surface area is 83.5 Å². The van der Waals surface area contributed by atoms with Crippen molar-refractivity contribution in [2.24, 2.45) is 0 Å². The van der Waals surface area contributed by atoms with E-state index in [-0.39, 0.29) is 3.74 Å². The maximum atomic E-state index is 4.34. The molecule has 0 fully saturated rings. The van der Waals surface area contributed by atoms with Crippen molar-refractivity contribution in [2.45, 2.75) is 17.6 Å². The lowest BCUT2D eigenvalue weighted by Gasteiger charge is -2.03. The minimum Gasteiger partial charge on any atom is -0.256 e. The smallest absolute Gasteiger partial charge is 0.112 e. The second-order valence-corrected chi connectivity index (χ2v) is 5.57. The first-order chi connectivity index (χ1) is 5.09. The van der Waals surface area contributed by atoms with Gasteiger partial charge in [-0.3, -0.25) is 4.98 Å². The number of aryl methyl sites for hydroxylation is 2. The number of aromatic nitrogens is 1. The van der Waals surface area contributed by atoms with E-state index in [1.807, 2.05) is 6.92 Å². The molecule has 1 rings (SSSR count). The third-order valence-corrected chi connectivity index (χ3v) is 2.28. The van der Waals surface area contributed by atoms with Crippen molar-refractivity contribution < 1.29 is 0 Å². The molecule has 0 atom stereocenters. The Morgan fingerprint density at radius 1 is 1.27 bits per heavy atom. The first-order valence-electron chi connectivity index (χ1n) is 3.33. The largest absolute Gasteiger partial charge is 0.256 e. The molecular formula is C8H9Br2N. The van der Waals surface area contributed by atoms with Gasteiger partial charge in [0, 0.05) is 5.69 Å². The maximum Gasteiger partial charge on any atom is 0.112 e. The van der Waals surface area contributed by atoms with Gasteiger partial charge in [0.25, 0.3) is 0 Å². The number of rotatable bonds is 1. The molecule has 1 heterocycles. The Kier molecular flexibility index (Phi) is 3.07. The van der Waals surface area contributed by atoms with Crippen LogP contribution in [-0.2, 0) is 0 Å². The van der Waals surface area contributed by atoms with Crippen molar-refractivity contribution in [3.05, 3.63) is 29.1 Å². The first-order valence-corrected chi connectivity index (χ1v) is 5.16. The summed E-state index contributed by atoms with van der Waals surface area (Å²) in [5.74, 6) is 0. The van der Waals surface area contributed by atoms with Crippen molar-refractivity contribution in [1.82, 2.24) is 4.98 Å². The summed E-state index contributed by atoms with van der Waals surface area (Å²) in [7, 11) is 0. The van der Waals surface area contributed by atoms with Crippen LogP contribution < -0.4 is 0 Å². The minimum absolute atomic E-state index is 0.161. The number of hydrogen-bond donors (Lipinski definition) is 0. The van der Waals surface area contributed by atoms with Gasteiger partial charge < -0.3 is 0 Å². The van der Waals surface area contributed by atoms with Crippen LogP contribution in [0, 0.1) is 13.8 Å². The monoisotopic (exact) mass is 277 g/mol. The summed E-state index contributed by atoms with van der Waals surface area (Å²) in [6.45, 7) is 4.07. The number of nitrogens with zero attached hydrogens (tertiary/aromatic N) is 1. The molecule has 0 saturated carbocycles. The van der Waals surface area contributed by atoms with Crippen molar-refractivity contribution in [3.63, 3.8) is 0 Å². The molecular weight excluding hydrogens is 270 g/mol. The minimum atomic E-state index is 0.161. The highest BCUT2D eigenvalue weighted by atomic mass is 79.9. The molecule has 1 nitrogen and oxygen atoms in total. The average Bonchev–Trinajstić information content (AvgIpc) is 1.85. The first kappa shape index (κ1) is 9.20. The Morgan fingerprint density at radius 3 is 2.36 bits per heavy atom. The number of halogens is 2. The van der Waals surface area contributed by atoms with Gasteiger partial charge in [-0.2, -0.15) is 0 Å². The fraction of sp³-hybridized carbons (Fsp3) is 0.375. The molecule has 11 heavy (non-hydrogen) atoms. The fourth-order valence-electron chi connectivity index (χ4n) is 0.984. The Bertz CT molecular complexity index is 238. The highest BCUT2D eigenvalue weighted by Gasteiger charge is 2.04. The van der Waals surface area contributed by atoms with Crippen LogP contribution in [0.2, 0.25) is 0 Å². The van der Waals surface area contributed by atoms with E-state index in [1.165, 1.54) is 5.56 Å². The number of pyridine rings is 1. The van der Waals surface area contributed by atoms with Crippen LogP contribution in [0.1, 0.15) is 20.7 Å². The molecule has 3 heteroatoms. The van der Waals surface area contributed by atoms with Crippen molar-refractivity contribution >= 4 is 31.9 Å². The molecule has 60 valence electrons. The van der Waals surface area contributed by atoms with Gasteiger partial charge >= 0.3 is 0 Å². The molecule has 0 amide bonds. The van der Waals surface area contributed by atoms with E-state index in [0.717, 1.165) is 11.4 Å². The molecule has 0 radical (unpaired) electrons. The van der Waals surface area contributed by atoms with Gasteiger partial charge in [0.05, 0.1) is 5.69 Å². The summed E-state index contributed by atoms with van der Waals surface area (Å²) in [6.07, 6.45) is 0. The van der Waals surface area contributed by atoms with Crippen LogP contribution in [0.5, 0.6) is 0 Å². The van der Waals surface area contributed by atoms with E-state index in [2.05, 4.69) is 55.9 Å². The third-order valence-electron chi connectivity index (χ3n) is 1.34. The quantitative estimate of drug-likeness (QED) is 0.717. The van der Waals surface area contributed by atoms with E-state index in [1.54, 1.807) is 0 Å². The molecule has 0 spiro atoms. The average molecular weight is 279 g/mol. The summed E-state index contributed by atoms with van der Waals surface area (Å²) in [5, 5.41) is 0. The molecule has 0 N–H and O–H groups in total. The van der Waals surface area contributed by atoms with Gasteiger partial charge in [-0.25, -0.2) is 0 Å². The molecule has 0 aromatic carbocycles. The van der Waals surface area contributed by atoms with Crippen molar-refractivity contribution in [1.29, 1.82) is 0 Å². The molecule has 0 aliphatic heterocycles. The molecule has 1 aromatic heterocycles. The third kappa shape index (κ3) is 2.56. The normalized spacial score (nSPS) is 10.6. The molecule has 1 aromatic rings. The number of alkyl halides is 2. The van der Waals surface area contributed by atoms with Crippen molar-refractivity contribution in [3.8, 4) is 0 Å². The molecule has 0 bridgehead atoms. The molecule has 0 unspecified atom stereocenters. The highest BCUT2D eigenvalue weighted by molar-refractivity contribution is 9.24. The predicted octanol–water partition coefficient (Wildman–Crippen LogP) is 3.49. The maximum absolute atomic E-state index is 4.34. The van der Waals surface area contributed by atoms with Gasteiger partial charge in [0.2, 0.25) is 0 Å². The predicted molar refractivity (Wildman–Crippen MR) is 54.3 cm³/mol. The standard InChI is InChI=1S/C8H9Br2N/c1-5-3-6(2)11-7(4-5)8(9)10/h3-4,8H,1-2H3. The lowest BCUT2D eigenvalue weighted by atomic mass is 10.2. The lowest BCUT2D eigenvalue weighted by molar-refractivity contribution is 1.09. The van der Waals surface area contributed by atoms with E-state index in [0.29, 0.717) is 0 Å².